The number of phosphoric ester groups is 1. The number of nitrogens with zero attached hydrogens (tertiary/aromatic N) is 1. The van der Waals surface area contributed by atoms with Gasteiger partial charge in [0, 0.05) is 13.0 Å². The number of ether oxygens (including phenoxy) is 2. The van der Waals surface area contributed by atoms with Gasteiger partial charge in [0.2, 0.25) is 0 Å². The Kier molecular flexibility index (Phi) is 37.5. The van der Waals surface area contributed by atoms with Crippen LogP contribution in [0.4, 0.5) is 0 Å². The maximum absolute atomic E-state index is 12.7. The van der Waals surface area contributed by atoms with Crippen LogP contribution in [-0.2, 0) is 27.9 Å². The first-order chi connectivity index (χ1) is 29.1. The summed E-state index contributed by atoms with van der Waals surface area (Å²) >= 11 is 0. The summed E-state index contributed by atoms with van der Waals surface area (Å²) in [6, 6.07) is 0. The molecule has 0 bridgehead atoms. The number of esters is 1. The normalized spacial score (nSPS) is 16.6. The maximum Gasteiger partial charge on any atom is 0.472 e. The Labute approximate surface area is 369 Å². The van der Waals surface area contributed by atoms with Crippen molar-refractivity contribution in [3.63, 3.8) is 0 Å². The molecule has 0 aliphatic rings. The van der Waals surface area contributed by atoms with Gasteiger partial charge in [0.25, 0.3) is 0 Å². The lowest BCUT2D eigenvalue weighted by atomic mass is 10.1. The second-order valence-corrected chi connectivity index (χ2v) is 18.0. The molecule has 6 unspecified atom stereocenters. The van der Waals surface area contributed by atoms with E-state index in [9.17, 15) is 34.7 Å². The fourth-order valence-corrected chi connectivity index (χ4v) is 6.35. The molecule has 0 aromatic carbocycles. The van der Waals surface area contributed by atoms with E-state index in [2.05, 4.69) is 19.1 Å². The fourth-order valence-electron chi connectivity index (χ4n) is 5.60. The summed E-state index contributed by atoms with van der Waals surface area (Å²) in [7, 11) is 1.39. The number of aliphatic hydroxyl groups is 4. The van der Waals surface area contributed by atoms with Gasteiger partial charge >= 0.3 is 13.8 Å². The number of carbonyl (C=O) groups excluding carboxylic acids is 1. The average Bonchev–Trinajstić information content (AvgIpc) is 3.19. The zero-order valence-corrected chi connectivity index (χ0v) is 39.2. The lowest BCUT2D eigenvalue weighted by molar-refractivity contribution is -0.870. The largest absolute Gasteiger partial charge is 0.472 e. The van der Waals surface area contributed by atoms with E-state index >= 15 is 0 Å². The highest BCUT2D eigenvalue weighted by molar-refractivity contribution is 7.47. The minimum absolute atomic E-state index is 0.00803. The highest BCUT2D eigenvalue weighted by atomic mass is 31.2. The molecule has 0 rings (SSSR count). The fraction of sp³-hybridized carbons (Fsp3) is 0.688. The predicted octanol–water partition coefficient (Wildman–Crippen LogP) is 9.15. The number of allylic oxidation sites excluding steroid dienone is 8. The third-order valence-electron chi connectivity index (χ3n) is 9.22. The number of hydrogen-bond donors (Lipinski definition) is 5. The Hall–Kier alpha value is -2.48. The number of rotatable bonds is 40. The van der Waals surface area contributed by atoms with Crippen LogP contribution in [0.2, 0.25) is 0 Å². The van der Waals surface area contributed by atoms with Crippen molar-refractivity contribution in [2.75, 3.05) is 54.1 Å². The molecular formula is C48H85NO11P+. The van der Waals surface area contributed by atoms with Crippen LogP contribution in [0.5, 0.6) is 0 Å². The van der Waals surface area contributed by atoms with Gasteiger partial charge in [-0.15, -0.1) is 0 Å². The zero-order valence-electron chi connectivity index (χ0n) is 38.3. The molecule has 0 aliphatic carbocycles. The molecule has 0 spiro atoms. The van der Waals surface area contributed by atoms with Crippen molar-refractivity contribution in [1.82, 2.24) is 0 Å². The minimum atomic E-state index is -4.40. The van der Waals surface area contributed by atoms with E-state index in [1.165, 1.54) is 82.4 Å². The first kappa shape index (κ1) is 58.5. The number of likely N-dealkylation sites (N-methyl/N-ethyl adjacent to an activating group) is 1. The van der Waals surface area contributed by atoms with Crippen LogP contribution < -0.4 is 0 Å². The smallest absolute Gasteiger partial charge is 0.457 e. The minimum Gasteiger partial charge on any atom is -0.457 e. The van der Waals surface area contributed by atoms with Gasteiger partial charge in [-0.1, -0.05) is 150 Å². The summed E-state index contributed by atoms with van der Waals surface area (Å²) in [5.74, 6) is -0.634. The number of aliphatic hydroxyl groups excluding tert-OH is 4. The lowest BCUT2D eigenvalue weighted by Crippen LogP contribution is -2.37. The molecule has 13 heteroatoms. The maximum atomic E-state index is 12.7. The van der Waals surface area contributed by atoms with Gasteiger partial charge in [0.15, 0.2) is 0 Å². The quantitative estimate of drug-likeness (QED) is 0.00993. The van der Waals surface area contributed by atoms with E-state index in [-0.39, 0.29) is 26.1 Å². The van der Waals surface area contributed by atoms with Gasteiger partial charge in [-0.05, 0) is 58.3 Å². The standard InChI is InChI=1S/C48H84NO11P/c1-6-7-8-9-10-11-12-13-14-15-16-17-18-19-24-29-39-57-41-47(42-59-61(55,56)58-40-38-49(3,4)5)60-48(54)37-36-46(53)35-34-45(52)33-28-23-22-27-32-44(51)31-26-21-20-25-30-43(2)50/h13-14,21-23,25-28,30,32-35,43-47,50-53H,6-12,15-20,24,29,31,36-42H2,1-5H3/p+1/b14-13-,23-22+,26-21+,30-25-,32-27-,33-28+,35-34+. The summed E-state index contributed by atoms with van der Waals surface area (Å²) < 4.78 is 34.6. The Balaban J connectivity index is 4.66. The molecule has 352 valence electrons. The molecule has 0 aromatic heterocycles. The third kappa shape index (κ3) is 43.9. The average molecular weight is 883 g/mol. The van der Waals surface area contributed by atoms with Crippen molar-refractivity contribution in [2.45, 2.75) is 160 Å². The molecule has 12 nitrogen and oxygen atoms in total. The molecule has 0 saturated heterocycles. The number of unbranched alkanes of at least 4 members (excludes halogenated alkanes) is 12. The van der Waals surface area contributed by atoms with Crippen molar-refractivity contribution in [2.24, 2.45) is 0 Å². The first-order valence-corrected chi connectivity index (χ1v) is 24.2. The third-order valence-corrected chi connectivity index (χ3v) is 10.2. The zero-order chi connectivity index (χ0) is 45.5. The summed E-state index contributed by atoms with van der Waals surface area (Å²) in [5.41, 5.74) is 0. The summed E-state index contributed by atoms with van der Waals surface area (Å²) in [6.45, 7) is 4.45. The van der Waals surface area contributed by atoms with Crippen LogP contribution in [0.3, 0.4) is 0 Å². The van der Waals surface area contributed by atoms with Gasteiger partial charge in [0.05, 0.1) is 58.8 Å². The van der Waals surface area contributed by atoms with Crippen molar-refractivity contribution in [1.29, 1.82) is 0 Å². The predicted molar refractivity (Wildman–Crippen MR) is 248 cm³/mol. The molecule has 0 aliphatic heterocycles. The van der Waals surface area contributed by atoms with Crippen molar-refractivity contribution in [3.8, 4) is 0 Å². The van der Waals surface area contributed by atoms with Gasteiger partial charge in [0.1, 0.15) is 19.3 Å². The second-order valence-electron chi connectivity index (χ2n) is 16.6. The molecule has 6 atom stereocenters. The molecule has 0 heterocycles. The van der Waals surface area contributed by atoms with Crippen LogP contribution in [0.15, 0.2) is 85.1 Å². The Morgan fingerprint density at radius 2 is 1.28 bits per heavy atom. The first-order valence-electron chi connectivity index (χ1n) is 22.7. The van der Waals surface area contributed by atoms with Crippen LogP contribution in [0.25, 0.3) is 0 Å². The van der Waals surface area contributed by atoms with Crippen LogP contribution >= 0.6 is 7.82 Å². The van der Waals surface area contributed by atoms with Crippen LogP contribution in [0.1, 0.15) is 129 Å². The molecule has 61 heavy (non-hydrogen) atoms. The Morgan fingerprint density at radius 1 is 0.656 bits per heavy atom. The Bertz CT molecular complexity index is 1320. The summed E-state index contributed by atoms with van der Waals surface area (Å²) in [5, 5.41) is 39.8. The Morgan fingerprint density at radius 3 is 1.92 bits per heavy atom. The van der Waals surface area contributed by atoms with E-state index in [1.54, 1.807) is 43.4 Å². The number of hydrogen-bond acceptors (Lipinski definition) is 10. The van der Waals surface area contributed by atoms with Crippen molar-refractivity contribution < 1.29 is 57.7 Å². The molecule has 5 N–H and O–H groups in total. The van der Waals surface area contributed by atoms with E-state index in [1.807, 2.05) is 39.4 Å². The summed E-state index contributed by atoms with van der Waals surface area (Å²) in [6.07, 6.45) is 38.5. The number of carbonyl (C=O) groups is 1. The summed E-state index contributed by atoms with van der Waals surface area (Å²) in [4.78, 5) is 22.9. The topological polar surface area (TPSA) is 172 Å². The van der Waals surface area contributed by atoms with Crippen molar-refractivity contribution >= 4 is 13.8 Å². The van der Waals surface area contributed by atoms with E-state index in [0.717, 1.165) is 25.7 Å². The molecular weight excluding hydrogens is 797 g/mol. The van der Waals surface area contributed by atoms with Gasteiger partial charge in [-0.2, -0.15) is 0 Å². The molecule has 0 amide bonds. The highest BCUT2D eigenvalue weighted by Gasteiger charge is 2.26. The monoisotopic (exact) mass is 883 g/mol. The second kappa shape index (κ2) is 39.1. The number of quaternary nitrogens is 1. The highest BCUT2D eigenvalue weighted by Crippen LogP contribution is 2.43. The van der Waals surface area contributed by atoms with Crippen molar-refractivity contribution in [3.05, 3.63) is 85.1 Å². The van der Waals surface area contributed by atoms with Gasteiger partial charge in [-0.3, -0.25) is 13.8 Å². The molecule has 0 saturated carbocycles. The molecule has 0 fully saturated rings. The van der Waals surface area contributed by atoms with Gasteiger partial charge < -0.3 is 39.3 Å². The van der Waals surface area contributed by atoms with E-state index in [0.29, 0.717) is 30.5 Å². The molecule has 0 aromatic rings. The SMILES string of the molecule is CCCCCCCC/C=C\CCCCCCCCOCC(COP(=O)(O)OCC[N+](C)(C)C)OC(=O)CCC(O)/C=C/C(O)/C=C/C=C/C=C\C(O)C/C=C/C/C=C\C(C)O. The van der Waals surface area contributed by atoms with Crippen LogP contribution in [0, 0.1) is 0 Å². The lowest BCUT2D eigenvalue weighted by Gasteiger charge is -2.24. The van der Waals surface area contributed by atoms with Crippen LogP contribution in [-0.4, -0.2) is 120 Å². The van der Waals surface area contributed by atoms with E-state index < -0.39 is 50.9 Å². The van der Waals surface area contributed by atoms with E-state index in [4.69, 9.17) is 18.5 Å². The van der Waals surface area contributed by atoms with Gasteiger partial charge in [-0.25, -0.2) is 4.57 Å². The number of phosphoric acid groups is 1. The molecule has 0 radical (unpaired) electrons.